The van der Waals surface area contributed by atoms with Gasteiger partial charge in [-0.15, -0.1) is 0 Å². The molecular formula is C13H17LiO3. The van der Waals surface area contributed by atoms with Gasteiger partial charge in [0.25, 0.3) is 0 Å². The number of carboxylic acid groups (broad SMARTS) is 1. The van der Waals surface area contributed by atoms with Crippen LogP contribution in [-0.2, 0) is 4.79 Å². The zero-order valence-corrected chi connectivity index (χ0v) is 10.4. The molecule has 0 aromatic carbocycles. The van der Waals surface area contributed by atoms with E-state index < -0.39 is 5.97 Å². The molecule has 17 heavy (non-hydrogen) atoms. The second-order valence-electron chi connectivity index (χ2n) is 3.43. The summed E-state index contributed by atoms with van der Waals surface area (Å²) in [4.78, 5) is 10.0. The van der Waals surface area contributed by atoms with Gasteiger partial charge in [0.15, 0.2) is 0 Å². The summed E-state index contributed by atoms with van der Waals surface area (Å²) < 4.78 is 4.97. The number of carboxylic acids is 1. The molecule has 88 valence electrons. The zero-order valence-electron chi connectivity index (χ0n) is 10.4. The van der Waals surface area contributed by atoms with Crippen LogP contribution in [0.2, 0.25) is 5.09 Å². The average molecular weight is 228 g/mol. The Balaban J connectivity index is 0.000000437. The van der Waals surface area contributed by atoms with Gasteiger partial charge in [-0.3, -0.25) is 0 Å². The van der Waals surface area contributed by atoms with E-state index in [0.717, 1.165) is 6.08 Å². The Hall–Kier alpha value is -1.17. The van der Waals surface area contributed by atoms with Crippen LogP contribution in [0.15, 0.2) is 41.0 Å². The molecule has 0 unspecified atom stereocenters. The number of aliphatic carboxylic acids is 1. The number of rotatable bonds is 5. The summed E-state index contributed by atoms with van der Waals surface area (Å²) in [6.45, 7) is 2.21. The molecule has 0 saturated carbocycles. The minimum atomic E-state index is -0.959. The topological polar surface area (TPSA) is 50.4 Å². The van der Waals surface area contributed by atoms with Crippen molar-refractivity contribution >= 4 is 29.8 Å². The molecule has 0 spiro atoms. The second kappa shape index (κ2) is 11.3. The fraction of sp³-hybridized carbons (Fsp3) is 0.308. The first-order chi connectivity index (χ1) is 8.20. The standard InChI is InChI=1S/C9H8O3.C4H9.Li/c10-9(11)6-2-1-4-8-5-3-7-12-8;1-3-4-2;/h1-7H,(H,10,11);1,3-4H2,2H3;. The van der Waals surface area contributed by atoms with E-state index in [-0.39, 0.29) is 0 Å². The summed E-state index contributed by atoms with van der Waals surface area (Å²) in [5.41, 5.74) is 0. The third-order valence-electron chi connectivity index (χ3n) is 1.86. The SMILES string of the molecule is O=C(O)C=CC=Cc1ccco1.[Li][CH2]CCC. The summed E-state index contributed by atoms with van der Waals surface area (Å²) in [5, 5.41) is 9.57. The van der Waals surface area contributed by atoms with Gasteiger partial charge in [-0.2, -0.15) is 0 Å². The Morgan fingerprint density at radius 3 is 2.71 bits per heavy atom. The van der Waals surface area contributed by atoms with E-state index in [0.29, 0.717) is 5.76 Å². The summed E-state index contributed by atoms with van der Waals surface area (Å²) in [6, 6.07) is 3.55. The van der Waals surface area contributed by atoms with Crippen LogP contribution in [0.3, 0.4) is 0 Å². The fourth-order valence-corrected chi connectivity index (χ4v) is 1.03. The molecule has 0 aliphatic rings. The van der Waals surface area contributed by atoms with Crippen molar-refractivity contribution in [1.29, 1.82) is 0 Å². The van der Waals surface area contributed by atoms with Gasteiger partial charge < -0.3 is 9.52 Å². The Morgan fingerprint density at radius 2 is 2.29 bits per heavy atom. The Kier molecular flexibility index (Phi) is 10.5. The summed E-state index contributed by atoms with van der Waals surface area (Å²) in [5.74, 6) is -0.260. The summed E-state index contributed by atoms with van der Waals surface area (Å²) in [6.07, 6.45) is 10.1. The predicted octanol–water partition coefficient (Wildman–Crippen LogP) is 3.31. The van der Waals surface area contributed by atoms with Crippen LogP contribution in [-0.4, -0.2) is 28.8 Å². The van der Waals surface area contributed by atoms with Crippen LogP contribution >= 0.6 is 0 Å². The van der Waals surface area contributed by atoms with Crippen LogP contribution < -0.4 is 0 Å². The van der Waals surface area contributed by atoms with Gasteiger partial charge in [0.1, 0.15) is 5.76 Å². The molecule has 0 atom stereocenters. The van der Waals surface area contributed by atoms with Crippen molar-refractivity contribution in [1.82, 2.24) is 0 Å². The molecule has 0 amide bonds. The Bertz CT molecular complexity index is 338. The number of carbonyl (C=O) groups is 1. The van der Waals surface area contributed by atoms with Crippen molar-refractivity contribution in [3.8, 4) is 0 Å². The van der Waals surface area contributed by atoms with Gasteiger partial charge in [-0.1, -0.05) is 12.2 Å². The molecule has 1 N–H and O–H groups in total. The van der Waals surface area contributed by atoms with Crippen molar-refractivity contribution in [2.45, 2.75) is 24.9 Å². The van der Waals surface area contributed by atoms with Crippen LogP contribution in [0.5, 0.6) is 0 Å². The molecule has 1 rings (SSSR count). The molecule has 0 fully saturated rings. The molecule has 0 bridgehead atoms. The van der Waals surface area contributed by atoms with Crippen molar-refractivity contribution in [3.05, 3.63) is 42.4 Å². The summed E-state index contributed by atoms with van der Waals surface area (Å²) >= 11 is 2.21. The first-order valence-electron chi connectivity index (χ1n) is 5.81. The van der Waals surface area contributed by atoms with E-state index >= 15 is 0 Å². The molecule has 4 heteroatoms. The van der Waals surface area contributed by atoms with Gasteiger partial charge in [0.05, 0.1) is 6.26 Å². The molecule has 1 heterocycles. The molecule has 1 aromatic heterocycles. The van der Waals surface area contributed by atoms with Gasteiger partial charge in [-0.25, -0.2) is 4.79 Å². The van der Waals surface area contributed by atoms with E-state index in [2.05, 4.69) is 24.6 Å². The van der Waals surface area contributed by atoms with Crippen LogP contribution in [0, 0.1) is 0 Å². The molecule has 0 aliphatic carbocycles. The van der Waals surface area contributed by atoms with Gasteiger partial charge in [0.2, 0.25) is 0 Å². The van der Waals surface area contributed by atoms with E-state index in [9.17, 15) is 4.79 Å². The van der Waals surface area contributed by atoms with E-state index in [1.807, 2.05) is 0 Å². The molecule has 1 aromatic rings. The molecule has 0 radical (unpaired) electrons. The number of allylic oxidation sites excluding steroid dienone is 2. The van der Waals surface area contributed by atoms with Gasteiger partial charge in [-0.05, 0) is 18.2 Å². The first kappa shape index (κ1) is 15.8. The van der Waals surface area contributed by atoms with Crippen molar-refractivity contribution < 1.29 is 14.3 Å². The van der Waals surface area contributed by atoms with E-state index in [1.54, 1.807) is 30.5 Å². The van der Waals surface area contributed by atoms with E-state index in [4.69, 9.17) is 9.52 Å². The third kappa shape index (κ3) is 11.1. The van der Waals surface area contributed by atoms with E-state index in [1.165, 1.54) is 24.0 Å². The molecule has 3 nitrogen and oxygen atoms in total. The monoisotopic (exact) mass is 228 g/mol. The van der Waals surface area contributed by atoms with Crippen molar-refractivity contribution in [2.75, 3.05) is 0 Å². The molecule has 0 saturated heterocycles. The number of unbranched alkanes of at least 4 members (excludes halogenated alkanes) is 1. The van der Waals surface area contributed by atoms with Crippen LogP contribution in [0.4, 0.5) is 0 Å². The quantitative estimate of drug-likeness (QED) is 0.478. The van der Waals surface area contributed by atoms with Crippen molar-refractivity contribution in [2.24, 2.45) is 0 Å². The maximum atomic E-state index is 10.0. The average Bonchev–Trinajstić information content (AvgIpc) is 2.79. The van der Waals surface area contributed by atoms with Crippen LogP contribution in [0.25, 0.3) is 6.08 Å². The second-order valence-corrected chi connectivity index (χ2v) is 3.43. The summed E-state index contributed by atoms with van der Waals surface area (Å²) in [7, 11) is 0. The maximum absolute atomic E-state index is 10.0. The predicted molar refractivity (Wildman–Crippen MR) is 70.0 cm³/mol. The van der Waals surface area contributed by atoms with Crippen LogP contribution in [0.1, 0.15) is 25.5 Å². The van der Waals surface area contributed by atoms with Crippen molar-refractivity contribution in [3.63, 3.8) is 0 Å². The number of hydrogen-bond acceptors (Lipinski definition) is 2. The molecular weight excluding hydrogens is 211 g/mol. The minimum absolute atomic E-state index is 0.699. The van der Waals surface area contributed by atoms with Gasteiger partial charge in [0, 0.05) is 6.08 Å². The Labute approximate surface area is 111 Å². The zero-order chi connectivity index (χ0) is 12.9. The number of hydrogen-bond donors (Lipinski definition) is 1. The number of furan rings is 1. The normalized spacial score (nSPS) is 10.5. The van der Waals surface area contributed by atoms with Gasteiger partial charge >= 0.3 is 48.5 Å². The molecule has 0 aliphatic heterocycles. The third-order valence-corrected chi connectivity index (χ3v) is 1.86. The first-order valence-corrected chi connectivity index (χ1v) is 5.81. The Morgan fingerprint density at radius 1 is 1.53 bits per heavy atom. The fourth-order valence-electron chi connectivity index (χ4n) is 1.03.